The van der Waals surface area contributed by atoms with Crippen LogP contribution in [0.4, 0.5) is 28.9 Å². The van der Waals surface area contributed by atoms with Crippen molar-refractivity contribution >= 4 is 52.3 Å². The smallest absolute Gasteiger partial charge is 0.417 e. The fraction of sp³-hybridized carbons (Fsp3) is 0.365. The van der Waals surface area contributed by atoms with Gasteiger partial charge >= 0.3 is 6.18 Å². The van der Waals surface area contributed by atoms with E-state index >= 15 is 4.39 Å². The molecule has 2 saturated heterocycles. The molecule has 5 aromatic rings. The Labute approximate surface area is 418 Å². The lowest BCUT2D eigenvalue weighted by molar-refractivity contribution is -0.144. The number of aliphatic hydroxyl groups is 1. The number of hydrogen-bond acceptors (Lipinski definition) is 11. The van der Waals surface area contributed by atoms with E-state index in [1.807, 2.05) is 24.3 Å². The highest BCUT2D eigenvalue weighted by Crippen LogP contribution is 2.41. The first-order chi connectivity index (χ1) is 34.1. The lowest BCUT2D eigenvalue weighted by atomic mass is 9.85. The van der Waals surface area contributed by atoms with Gasteiger partial charge in [0.1, 0.15) is 35.8 Å². The van der Waals surface area contributed by atoms with Gasteiger partial charge in [0.25, 0.3) is 5.91 Å². The minimum absolute atomic E-state index is 0.0529. The first-order valence-corrected chi connectivity index (χ1v) is 23.4. The highest BCUT2D eigenvalue weighted by molar-refractivity contribution is 7.81. The van der Waals surface area contributed by atoms with Crippen molar-refractivity contribution in [3.63, 3.8) is 0 Å². The summed E-state index contributed by atoms with van der Waals surface area (Å²) in [6.07, 6.45) is -1.66. The van der Waals surface area contributed by atoms with Crippen LogP contribution in [0.1, 0.15) is 70.6 Å². The number of β-amino-alcohol motifs (C(OH)–C–C–N with tert-alkyl or cyclic N) is 1. The van der Waals surface area contributed by atoms with E-state index in [1.54, 1.807) is 57.3 Å². The van der Waals surface area contributed by atoms with Gasteiger partial charge in [-0.05, 0) is 103 Å². The van der Waals surface area contributed by atoms with Crippen molar-refractivity contribution in [2.24, 2.45) is 5.41 Å². The maximum absolute atomic E-state index is 15.9. The molecule has 3 N–H and O–H groups in total. The van der Waals surface area contributed by atoms with E-state index in [4.69, 9.17) is 26.1 Å². The van der Waals surface area contributed by atoms with E-state index in [2.05, 4.69) is 15.6 Å². The van der Waals surface area contributed by atoms with E-state index in [1.165, 1.54) is 54.3 Å². The summed E-state index contributed by atoms with van der Waals surface area (Å²) in [7, 11) is 0. The van der Waals surface area contributed by atoms with E-state index in [0.29, 0.717) is 48.2 Å². The molecule has 4 amide bonds. The maximum atomic E-state index is 15.9. The Bertz CT molecular complexity index is 2850. The molecule has 0 radical (unpaired) electrons. The number of nitrogens with zero attached hydrogens (tertiary/aromatic N) is 5. The van der Waals surface area contributed by atoms with Crippen molar-refractivity contribution in [2.75, 3.05) is 36.2 Å². The number of aromatic nitrogens is 1. The van der Waals surface area contributed by atoms with Crippen molar-refractivity contribution in [1.82, 2.24) is 20.5 Å². The van der Waals surface area contributed by atoms with Crippen LogP contribution < -0.4 is 25.2 Å². The number of likely N-dealkylation sites (tertiary alicyclic amines) is 1. The largest absolute Gasteiger partial charge is 0.494 e. The van der Waals surface area contributed by atoms with Crippen molar-refractivity contribution in [2.45, 2.75) is 90.3 Å². The van der Waals surface area contributed by atoms with Crippen LogP contribution in [0.25, 0.3) is 22.5 Å². The maximum Gasteiger partial charge on any atom is 0.417 e. The zero-order chi connectivity index (χ0) is 52.1. The van der Waals surface area contributed by atoms with Crippen LogP contribution in [0.2, 0.25) is 0 Å². The third-order valence-corrected chi connectivity index (χ3v) is 12.7. The Kier molecular flexibility index (Phi) is 15.8. The van der Waals surface area contributed by atoms with Crippen molar-refractivity contribution in [1.29, 1.82) is 5.26 Å². The van der Waals surface area contributed by atoms with Gasteiger partial charge in [-0.1, -0.05) is 63.2 Å². The van der Waals surface area contributed by atoms with Crippen LogP contribution >= 0.6 is 12.2 Å². The summed E-state index contributed by atoms with van der Waals surface area (Å²) < 4.78 is 74.0. The summed E-state index contributed by atoms with van der Waals surface area (Å²) in [6.45, 7) is 8.74. The number of carbonyl (C=O) groups is 4. The molecule has 15 nitrogen and oxygen atoms in total. The molecule has 2 fully saturated rings. The molecule has 0 aliphatic carbocycles. The number of thiocarbonyl (C=S) groups is 1. The second-order valence-corrected chi connectivity index (χ2v) is 19.4. The molecule has 7 rings (SSSR count). The zero-order valence-electron chi connectivity index (χ0n) is 40.1. The first-order valence-electron chi connectivity index (χ1n) is 23.0. The van der Waals surface area contributed by atoms with Crippen molar-refractivity contribution in [3.05, 3.63) is 120 Å². The Morgan fingerprint density at radius 3 is 2.29 bits per heavy atom. The third-order valence-electron chi connectivity index (χ3n) is 12.3. The summed E-state index contributed by atoms with van der Waals surface area (Å²) in [5.74, 6) is -1.67. The van der Waals surface area contributed by atoms with Gasteiger partial charge in [0.2, 0.25) is 17.7 Å². The fourth-order valence-electron chi connectivity index (χ4n) is 8.48. The Morgan fingerprint density at radius 1 is 0.972 bits per heavy atom. The van der Waals surface area contributed by atoms with Gasteiger partial charge in [-0.25, -0.2) is 9.37 Å². The molecule has 3 atom stereocenters. The number of anilines is 2. The number of alkyl halides is 3. The van der Waals surface area contributed by atoms with E-state index in [-0.39, 0.29) is 49.2 Å². The van der Waals surface area contributed by atoms with Gasteiger partial charge in [-0.15, -0.1) is 0 Å². The highest BCUT2D eigenvalue weighted by atomic mass is 32.1. The average Bonchev–Trinajstić information content (AvgIpc) is 4.06. The lowest BCUT2D eigenvalue weighted by Gasteiger charge is -2.35. The predicted molar refractivity (Wildman–Crippen MR) is 261 cm³/mol. The van der Waals surface area contributed by atoms with Gasteiger partial charge in [0.05, 0.1) is 47.5 Å². The standard InChI is InChI=1S/C52H53F4N7O8S/c1-50(2,3)45(47(67)61-28-37(64)24-42(61)46(66)59-26-31-8-10-33(11-9-31)43-27-58-30-71-43)60-44(65)29-69-20-6-7-21-70-38-17-13-32(14-18-38)34-15-19-41(40(53)22-34)63-49(72)62(48(68)51(63,4)5)36-16-12-35(25-57)39(23-36)52(54,55)56/h8-19,22-23,27,30,37,42,45,64H,6-7,20-21,24,26,28-29H2,1-5H3,(H,59,66)(H,60,65)/t37-,42+,45-/m1/s1. The van der Waals surface area contributed by atoms with Gasteiger partial charge in [-0.3, -0.25) is 24.1 Å². The number of aliphatic hydroxyl groups excluding tert-OH is 1. The monoisotopic (exact) mass is 1010 g/mol. The number of rotatable bonds is 17. The number of carbonyl (C=O) groups excluding carboxylic acids is 4. The molecule has 0 spiro atoms. The molecule has 0 unspecified atom stereocenters. The predicted octanol–water partition coefficient (Wildman–Crippen LogP) is 7.94. The minimum Gasteiger partial charge on any atom is -0.494 e. The molecule has 1 aromatic heterocycles. The number of nitriles is 1. The van der Waals surface area contributed by atoms with Gasteiger partial charge < -0.3 is 39.4 Å². The second kappa shape index (κ2) is 21.6. The Balaban J connectivity index is 0.853. The Hall–Kier alpha value is -7.21. The molecule has 3 heterocycles. The normalized spacial score (nSPS) is 17.2. The number of benzene rings is 4. The first kappa shape index (κ1) is 52.6. The fourth-order valence-corrected chi connectivity index (χ4v) is 8.99. The number of amides is 4. The average molecular weight is 1010 g/mol. The topological polar surface area (TPSA) is 191 Å². The minimum atomic E-state index is -4.87. The number of oxazole rings is 1. The molecule has 4 aromatic carbocycles. The number of halogens is 4. The molecule has 72 heavy (non-hydrogen) atoms. The zero-order valence-corrected chi connectivity index (χ0v) is 40.9. The number of unbranched alkanes of at least 4 members (excludes halogenated alkanes) is 1. The molecule has 0 saturated carbocycles. The summed E-state index contributed by atoms with van der Waals surface area (Å²) in [6, 6.07) is 21.0. The molecule has 2 aliphatic heterocycles. The summed E-state index contributed by atoms with van der Waals surface area (Å²) >= 11 is 5.56. The highest BCUT2D eigenvalue weighted by Gasteiger charge is 2.51. The number of nitrogens with one attached hydrogen (secondary N) is 2. The quantitative estimate of drug-likeness (QED) is 0.0464. The van der Waals surface area contributed by atoms with Crippen LogP contribution in [-0.2, 0) is 36.6 Å². The SMILES string of the molecule is CC(C)(C)[C@H](NC(=O)COCCCCOc1ccc(-c2ccc(N3C(=S)N(c4ccc(C#N)c(C(F)(F)F)c4)C(=O)C3(C)C)c(F)c2)cc1)C(=O)N1C[C@H](O)C[C@H]1C(=O)NCc1ccc(-c2cnco2)cc1. The summed E-state index contributed by atoms with van der Waals surface area (Å²) in [5, 5.41) is 25.2. The van der Waals surface area contributed by atoms with Crippen molar-refractivity contribution < 1.29 is 55.7 Å². The van der Waals surface area contributed by atoms with E-state index < -0.39 is 75.9 Å². The molecule has 2 aliphatic rings. The van der Waals surface area contributed by atoms with Crippen molar-refractivity contribution in [3.8, 4) is 34.3 Å². The third kappa shape index (κ3) is 11.8. The summed E-state index contributed by atoms with van der Waals surface area (Å²) in [5.41, 5.74) is -1.54. The second-order valence-electron chi connectivity index (χ2n) is 19.0. The van der Waals surface area contributed by atoms with E-state index in [9.17, 15) is 42.7 Å². The molecular weight excluding hydrogens is 959 g/mol. The summed E-state index contributed by atoms with van der Waals surface area (Å²) in [4.78, 5) is 61.4. The van der Waals surface area contributed by atoms with Gasteiger partial charge in [-0.2, -0.15) is 18.4 Å². The van der Waals surface area contributed by atoms with Crippen LogP contribution in [0.5, 0.6) is 5.75 Å². The molecule has 0 bridgehead atoms. The van der Waals surface area contributed by atoms with Crippen LogP contribution in [-0.4, -0.2) is 93.8 Å². The lowest BCUT2D eigenvalue weighted by Crippen LogP contribution is -2.58. The van der Waals surface area contributed by atoms with Gasteiger partial charge in [0.15, 0.2) is 17.3 Å². The Morgan fingerprint density at radius 2 is 1.65 bits per heavy atom. The molecular formula is C52H53F4N7O8S. The number of ether oxygens (including phenoxy) is 2. The van der Waals surface area contributed by atoms with Gasteiger partial charge in [0, 0.05) is 31.7 Å². The molecule has 378 valence electrons. The van der Waals surface area contributed by atoms with Crippen LogP contribution in [0.15, 0.2) is 102 Å². The van der Waals surface area contributed by atoms with Crippen LogP contribution in [0, 0.1) is 22.6 Å². The van der Waals surface area contributed by atoms with E-state index in [0.717, 1.165) is 22.1 Å². The number of hydrogen-bond donors (Lipinski definition) is 3. The molecule has 20 heteroatoms. The van der Waals surface area contributed by atoms with Crippen LogP contribution in [0.3, 0.4) is 0 Å².